The molecule has 0 radical (unpaired) electrons. The van der Waals surface area contributed by atoms with Crippen molar-refractivity contribution < 1.29 is 40.9 Å². The van der Waals surface area contributed by atoms with Crippen molar-refractivity contribution in [2.24, 2.45) is 20.5 Å². The highest BCUT2D eigenvalue weighted by Crippen LogP contribution is 2.43. The summed E-state index contributed by atoms with van der Waals surface area (Å²) in [6, 6.07) is 26.4. The van der Waals surface area contributed by atoms with E-state index in [1.807, 2.05) is 0 Å². The van der Waals surface area contributed by atoms with Crippen molar-refractivity contribution in [3.05, 3.63) is 109 Å². The number of phenolic OH excluding ortho intramolecular Hbond substituents is 2. The molecule has 252 valence electrons. The van der Waals surface area contributed by atoms with Crippen LogP contribution in [0.2, 0.25) is 0 Å². The molecule has 0 bridgehead atoms. The van der Waals surface area contributed by atoms with Gasteiger partial charge in [-0.3, -0.25) is 9.11 Å². The number of phenols is 2. The predicted molar refractivity (Wildman–Crippen MR) is 185 cm³/mol. The molecule has 15 nitrogen and oxygen atoms in total. The number of nitrogens with zero attached hydrogens (tertiary/aromatic N) is 4. The Kier molecular flexibility index (Phi) is 8.96. The zero-order valence-electron chi connectivity index (χ0n) is 25.3. The lowest BCUT2D eigenvalue weighted by Crippen LogP contribution is -2.19. The Morgan fingerprint density at radius 3 is 1.26 bits per heavy atom. The summed E-state index contributed by atoms with van der Waals surface area (Å²) < 4.78 is 68.2. The lowest BCUT2D eigenvalue weighted by atomic mass is 10.1. The summed E-state index contributed by atoms with van der Waals surface area (Å²) in [6.07, 6.45) is 0. The van der Waals surface area contributed by atoms with Crippen LogP contribution in [0.5, 0.6) is 11.5 Å². The van der Waals surface area contributed by atoms with Gasteiger partial charge in [0, 0.05) is 22.1 Å². The Hall–Kier alpha value is -6.27. The van der Waals surface area contributed by atoms with Crippen molar-refractivity contribution >= 4 is 81.9 Å². The normalized spacial score (nSPS) is 12.2. The van der Waals surface area contributed by atoms with Gasteiger partial charge in [-0.15, -0.1) is 10.2 Å². The molecule has 17 heteroatoms. The van der Waals surface area contributed by atoms with E-state index in [0.717, 1.165) is 12.1 Å². The molecular formula is C33H24N6O9S2. The van der Waals surface area contributed by atoms with Gasteiger partial charge in [-0.05, 0) is 71.4 Å². The Morgan fingerprint density at radius 1 is 0.520 bits per heavy atom. The van der Waals surface area contributed by atoms with Crippen LogP contribution in [-0.4, -0.2) is 42.2 Å². The Labute approximate surface area is 283 Å². The van der Waals surface area contributed by atoms with E-state index >= 15 is 0 Å². The van der Waals surface area contributed by atoms with E-state index in [1.165, 1.54) is 36.4 Å². The minimum atomic E-state index is -4.83. The Morgan fingerprint density at radius 2 is 0.900 bits per heavy atom. The van der Waals surface area contributed by atoms with E-state index in [-0.39, 0.29) is 32.9 Å². The van der Waals surface area contributed by atoms with Gasteiger partial charge >= 0.3 is 6.03 Å². The highest BCUT2D eigenvalue weighted by molar-refractivity contribution is 7.86. The third kappa shape index (κ3) is 7.25. The SMILES string of the molecule is O=C(Nc1ccc2cc(S(=O)(=O)O)c(N=Nc3ccccc3)c(O)c2c1)Nc1ccc2cc(S(=O)(=O)O)c(N=Nc3ccccc3)c(O)c2c1. The number of benzene rings is 6. The summed E-state index contributed by atoms with van der Waals surface area (Å²) >= 11 is 0. The van der Waals surface area contributed by atoms with Crippen LogP contribution >= 0.6 is 0 Å². The molecule has 0 saturated heterocycles. The van der Waals surface area contributed by atoms with Crippen LogP contribution < -0.4 is 10.6 Å². The van der Waals surface area contributed by atoms with E-state index in [1.54, 1.807) is 60.7 Å². The summed E-state index contributed by atoms with van der Waals surface area (Å²) in [5.41, 5.74) is 0.0207. The van der Waals surface area contributed by atoms with Gasteiger partial charge in [0.15, 0.2) is 11.5 Å². The number of rotatable bonds is 8. The zero-order valence-corrected chi connectivity index (χ0v) is 27.0. The number of carbonyl (C=O) groups excluding carboxylic acids is 1. The molecule has 0 aliphatic carbocycles. The van der Waals surface area contributed by atoms with E-state index < -0.39 is 58.9 Å². The zero-order chi connectivity index (χ0) is 35.6. The summed E-state index contributed by atoms with van der Waals surface area (Å²) in [4.78, 5) is 11.7. The van der Waals surface area contributed by atoms with E-state index in [0.29, 0.717) is 11.4 Å². The van der Waals surface area contributed by atoms with Crippen LogP contribution in [0.1, 0.15) is 0 Å². The molecule has 0 aromatic heterocycles. The lowest BCUT2D eigenvalue weighted by Gasteiger charge is -2.13. The molecule has 0 aliphatic rings. The van der Waals surface area contributed by atoms with Crippen molar-refractivity contribution in [2.45, 2.75) is 9.79 Å². The first-order valence-electron chi connectivity index (χ1n) is 14.3. The molecule has 0 atom stereocenters. The van der Waals surface area contributed by atoms with Crippen molar-refractivity contribution in [2.75, 3.05) is 10.6 Å². The molecule has 0 aliphatic heterocycles. The number of hydrogen-bond acceptors (Lipinski definition) is 11. The monoisotopic (exact) mass is 712 g/mol. The highest BCUT2D eigenvalue weighted by Gasteiger charge is 2.24. The van der Waals surface area contributed by atoms with Crippen molar-refractivity contribution in [1.82, 2.24) is 0 Å². The van der Waals surface area contributed by atoms with Gasteiger partial charge in [-0.25, -0.2) is 4.79 Å². The fourth-order valence-electron chi connectivity index (χ4n) is 4.92. The topological polar surface area (TPSA) is 240 Å². The number of anilines is 2. The largest absolute Gasteiger partial charge is 0.505 e. The maximum atomic E-state index is 13.0. The average Bonchev–Trinajstić information content (AvgIpc) is 3.07. The fourth-order valence-corrected chi connectivity index (χ4v) is 6.24. The number of nitrogens with one attached hydrogen (secondary N) is 2. The summed E-state index contributed by atoms with van der Waals surface area (Å²) in [5, 5.41) is 43.5. The molecule has 6 aromatic carbocycles. The third-order valence-electron chi connectivity index (χ3n) is 7.22. The first kappa shape index (κ1) is 33.6. The minimum absolute atomic E-state index is 0.0830. The standard InChI is InChI=1S/C33H24N6O9S2/c40-31-25-17-23(13-11-19(25)15-27(49(43,44)45)29(31)38-36-21-7-3-1-4-8-21)34-33(42)35-24-14-12-20-16-28(50(46,47)48)30(32(41)26(20)18-24)39-37-22-9-5-2-6-10-22/h1-18,40-41H,(H2,34,35,42)(H,43,44,45)(H,46,47,48). The molecule has 6 rings (SSSR count). The van der Waals surface area contributed by atoms with Crippen LogP contribution in [0, 0.1) is 0 Å². The average molecular weight is 713 g/mol. The fraction of sp³-hybridized carbons (Fsp3) is 0. The highest BCUT2D eigenvalue weighted by atomic mass is 32.2. The smallest absolute Gasteiger partial charge is 0.323 e. The van der Waals surface area contributed by atoms with Crippen LogP contribution in [-0.2, 0) is 20.2 Å². The van der Waals surface area contributed by atoms with Crippen LogP contribution in [0.3, 0.4) is 0 Å². The maximum Gasteiger partial charge on any atom is 0.323 e. The Balaban J connectivity index is 1.30. The second-order valence-corrected chi connectivity index (χ2v) is 13.4. The quantitative estimate of drug-likeness (QED) is 0.0655. The van der Waals surface area contributed by atoms with Gasteiger partial charge < -0.3 is 20.8 Å². The van der Waals surface area contributed by atoms with E-state index in [4.69, 9.17) is 0 Å². The van der Waals surface area contributed by atoms with Crippen molar-refractivity contribution in [1.29, 1.82) is 0 Å². The van der Waals surface area contributed by atoms with Crippen molar-refractivity contribution in [3.63, 3.8) is 0 Å². The van der Waals surface area contributed by atoms with Crippen LogP contribution in [0.4, 0.5) is 38.9 Å². The van der Waals surface area contributed by atoms with Gasteiger partial charge in [-0.2, -0.15) is 27.1 Å². The summed E-state index contributed by atoms with van der Waals surface area (Å²) in [7, 11) is -9.66. The number of urea groups is 1. The molecule has 6 aromatic rings. The summed E-state index contributed by atoms with van der Waals surface area (Å²) in [6.45, 7) is 0. The van der Waals surface area contributed by atoms with Gasteiger partial charge in [-0.1, -0.05) is 48.5 Å². The second-order valence-electron chi connectivity index (χ2n) is 10.6. The number of carbonyl (C=O) groups is 1. The van der Waals surface area contributed by atoms with Gasteiger partial charge in [0.25, 0.3) is 20.2 Å². The molecule has 6 N–H and O–H groups in total. The molecule has 0 unspecified atom stereocenters. The number of aromatic hydroxyl groups is 2. The molecule has 0 heterocycles. The van der Waals surface area contributed by atoms with Gasteiger partial charge in [0.1, 0.15) is 21.2 Å². The van der Waals surface area contributed by atoms with E-state index in [9.17, 15) is 40.9 Å². The first-order valence-corrected chi connectivity index (χ1v) is 17.2. The number of azo groups is 2. The molecule has 50 heavy (non-hydrogen) atoms. The van der Waals surface area contributed by atoms with Crippen molar-refractivity contribution in [3.8, 4) is 11.5 Å². The molecular weight excluding hydrogens is 689 g/mol. The predicted octanol–water partition coefficient (Wildman–Crippen LogP) is 8.37. The summed E-state index contributed by atoms with van der Waals surface area (Å²) in [5.74, 6) is -1.23. The first-order chi connectivity index (χ1) is 23.8. The maximum absolute atomic E-state index is 13.0. The number of amides is 2. The Bertz CT molecular complexity index is 2400. The molecule has 2 amide bonds. The number of hydrogen-bond donors (Lipinski definition) is 6. The van der Waals surface area contributed by atoms with E-state index in [2.05, 4.69) is 31.1 Å². The molecule has 0 fully saturated rings. The molecule has 0 saturated carbocycles. The van der Waals surface area contributed by atoms with Gasteiger partial charge in [0.05, 0.1) is 11.4 Å². The number of fused-ring (bicyclic) bond motifs is 2. The minimum Gasteiger partial charge on any atom is -0.505 e. The third-order valence-corrected chi connectivity index (χ3v) is 8.95. The lowest BCUT2D eigenvalue weighted by molar-refractivity contribution is 0.262. The van der Waals surface area contributed by atoms with Gasteiger partial charge in [0.2, 0.25) is 0 Å². The van der Waals surface area contributed by atoms with Crippen LogP contribution in [0.25, 0.3) is 21.5 Å². The second kappa shape index (κ2) is 13.3. The van der Waals surface area contributed by atoms with Crippen LogP contribution in [0.15, 0.2) is 139 Å². The molecule has 0 spiro atoms.